The minimum absolute atomic E-state index is 0.300. The summed E-state index contributed by atoms with van der Waals surface area (Å²) in [5, 5.41) is 2.64. The molecule has 0 saturated carbocycles. The Hall–Kier alpha value is -2.69. The van der Waals surface area contributed by atoms with Crippen molar-refractivity contribution in [2.45, 2.75) is 13.0 Å². The van der Waals surface area contributed by atoms with Gasteiger partial charge in [0.25, 0.3) is 0 Å². The van der Waals surface area contributed by atoms with Crippen molar-refractivity contribution < 1.29 is 9.59 Å². The molecule has 5 heteroatoms. The average molecular weight is 281 g/mol. The van der Waals surface area contributed by atoms with Gasteiger partial charge in [0.2, 0.25) is 0 Å². The molecule has 0 unspecified atom stereocenters. The number of pyridine rings is 1. The molecule has 21 heavy (non-hydrogen) atoms. The van der Waals surface area contributed by atoms with Crippen molar-refractivity contribution in [3.63, 3.8) is 0 Å². The minimum Gasteiger partial charge on any atom is -0.344 e. The van der Waals surface area contributed by atoms with Gasteiger partial charge in [-0.05, 0) is 29.7 Å². The summed E-state index contributed by atoms with van der Waals surface area (Å²) in [6.07, 6.45) is 4.12. The number of fused-ring (bicyclic) bond motifs is 1. The molecule has 106 valence electrons. The first-order valence-electron chi connectivity index (χ1n) is 6.82. The highest BCUT2D eigenvalue weighted by atomic mass is 16.2. The van der Waals surface area contributed by atoms with Crippen LogP contribution in [0, 0.1) is 0 Å². The first kappa shape index (κ1) is 13.3. The van der Waals surface area contributed by atoms with Crippen LogP contribution in [0.2, 0.25) is 0 Å². The van der Waals surface area contributed by atoms with Gasteiger partial charge in [0, 0.05) is 31.2 Å². The van der Waals surface area contributed by atoms with Crippen LogP contribution in [0.15, 0.2) is 48.8 Å². The summed E-state index contributed by atoms with van der Waals surface area (Å²) in [6, 6.07) is 11.3. The van der Waals surface area contributed by atoms with Crippen LogP contribution in [0.5, 0.6) is 0 Å². The van der Waals surface area contributed by atoms with Crippen LogP contribution in [-0.4, -0.2) is 23.3 Å². The van der Waals surface area contributed by atoms with E-state index in [-0.39, 0.29) is 0 Å². The smallest absolute Gasteiger partial charge is 0.316 e. The molecule has 1 aromatic heterocycles. The Morgan fingerprint density at radius 2 is 2.05 bits per heavy atom. The largest absolute Gasteiger partial charge is 0.344 e. The summed E-state index contributed by atoms with van der Waals surface area (Å²) in [6.45, 7) is 0.854. The molecule has 0 bridgehead atoms. The third-order valence-corrected chi connectivity index (χ3v) is 3.50. The second-order valence-corrected chi connectivity index (χ2v) is 4.88. The van der Waals surface area contributed by atoms with Gasteiger partial charge in [0.1, 0.15) is 0 Å². The van der Waals surface area contributed by atoms with Crippen LogP contribution in [-0.2, 0) is 22.6 Å². The molecule has 1 aliphatic rings. The molecule has 0 spiro atoms. The lowest BCUT2D eigenvalue weighted by atomic mass is 10.2. The number of carbonyl (C=O) groups is 2. The average Bonchev–Trinajstić information content (AvgIpc) is 2.97. The summed E-state index contributed by atoms with van der Waals surface area (Å²) in [4.78, 5) is 29.7. The summed E-state index contributed by atoms with van der Waals surface area (Å²) >= 11 is 0. The van der Waals surface area contributed by atoms with E-state index in [2.05, 4.69) is 10.3 Å². The number of anilines is 1. The number of hydrogen-bond donors (Lipinski definition) is 1. The predicted molar refractivity (Wildman–Crippen MR) is 78.6 cm³/mol. The number of rotatable bonds is 2. The van der Waals surface area contributed by atoms with E-state index < -0.39 is 11.8 Å². The fourth-order valence-electron chi connectivity index (χ4n) is 2.43. The van der Waals surface area contributed by atoms with Crippen molar-refractivity contribution in [3.05, 3.63) is 59.9 Å². The molecular formula is C16H15N3O2. The van der Waals surface area contributed by atoms with E-state index in [0.29, 0.717) is 13.1 Å². The quantitative estimate of drug-likeness (QED) is 0.844. The number of hydrogen-bond acceptors (Lipinski definition) is 3. The monoisotopic (exact) mass is 281 g/mol. The van der Waals surface area contributed by atoms with Crippen LogP contribution in [0.25, 0.3) is 0 Å². The molecule has 3 rings (SSSR count). The molecule has 2 amide bonds. The molecular weight excluding hydrogens is 266 g/mol. The molecule has 5 nitrogen and oxygen atoms in total. The topological polar surface area (TPSA) is 62.3 Å². The minimum atomic E-state index is -0.587. The highest BCUT2D eigenvalue weighted by Gasteiger charge is 2.28. The number of benzene rings is 1. The normalized spacial score (nSPS) is 12.9. The molecule has 2 heterocycles. The molecule has 1 aromatic carbocycles. The van der Waals surface area contributed by atoms with E-state index in [1.165, 1.54) is 4.90 Å². The number of nitrogens with one attached hydrogen (secondary N) is 1. The first-order valence-corrected chi connectivity index (χ1v) is 6.82. The van der Waals surface area contributed by atoms with Gasteiger partial charge in [-0.15, -0.1) is 0 Å². The van der Waals surface area contributed by atoms with E-state index in [9.17, 15) is 9.59 Å². The summed E-state index contributed by atoms with van der Waals surface area (Å²) in [7, 11) is 0. The third-order valence-electron chi connectivity index (χ3n) is 3.50. The zero-order chi connectivity index (χ0) is 14.7. The molecule has 1 N–H and O–H groups in total. The lowest BCUT2D eigenvalue weighted by Crippen LogP contribution is -2.42. The van der Waals surface area contributed by atoms with Gasteiger partial charge in [0.15, 0.2) is 0 Å². The fraction of sp³-hybridized carbons (Fsp3) is 0.188. The second kappa shape index (κ2) is 5.75. The maximum absolute atomic E-state index is 12.2. The lowest BCUT2D eigenvalue weighted by Gasteiger charge is -2.16. The van der Waals surface area contributed by atoms with Gasteiger partial charge in [-0.3, -0.25) is 14.6 Å². The summed E-state index contributed by atoms with van der Waals surface area (Å²) in [5.41, 5.74) is 2.80. The van der Waals surface area contributed by atoms with Crippen LogP contribution >= 0.6 is 0 Å². The van der Waals surface area contributed by atoms with Crippen molar-refractivity contribution >= 4 is 17.5 Å². The van der Waals surface area contributed by atoms with E-state index in [4.69, 9.17) is 0 Å². The van der Waals surface area contributed by atoms with Crippen LogP contribution in [0.3, 0.4) is 0 Å². The Kier molecular flexibility index (Phi) is 3.64. The number of amides is 2. The van der Waals surface area contributed by atoms with E-state index >= 15 is 0 Å². The van der Waals surface area contributed by atoms with Gasteiger partial charge in [-0.25, -0.2) is 0 Å². The molecule has 0 atom stereocenters. The molecule has 1 aliphatic heterocycles. The Labute approximate surface area is 122 Å². The Balaban J connectivity index is 1.65. The zero-order valence-electron chi connectivity index (χ0n) is 11.5. The highest BCUT2D eigenvalue weighted by Crippen LogP contribution is 2.27. The molecule has 0 aliphatic carbocycles. The summed E-state index contributed by atoms with van der Waals surface area (Å²) in [5.74, 6) is -1.10. The lowest BCUT2D eigenvalue weighted by molar-refractivity contribution is -0.137. The fourth-order valence-corrected chi connectivity index (χ4v) is 2.43. The van der Waals surface area contributed by atoms with Crippen molar-refractivity contribution in [2.75, 3.05) is 11.4 Å². The van der Waals surface area contributed by atoms with E-state index in [1.54, 1.807) is 18.5 Å². The number of nitrogens with zero attached hydrogens (tertiary/aromatic N) is 2. The number of para-hydroxylation sites is 1. The number of carbonyl (C=O) groups excluding carboxylic acids is 2. The Morgan fingerprint density at radius 3 is 2.86 bits per heavy atom. The second-order valence-electron chi connectivity index (χ2n) is 4.88. The maximum atomic E-state index is 12.2. The van der Waals surface area contributed by atoms with Gasteiger partial charge >= 0.3 is 11.8 Å². The third kappa shape index (κ3) is 2.76. The van der Waals surface area contributed by atoms with Crippen LogP contribution in [0.4, 0.5) is 5.69 Å². The van der Waals surface area contributed by atoms with E-state index in [0.717, 1.165) is 23.2 Å². The molecule has 0 fully saturated rings. The van der Waals surface area contributed by atoms with Crippen molar-refractivity contribution in [2.24, 2.45) is 0 Å². The van der Waals surface area contributed by atoms with Crippen molar-refractivity contribution in [1.29, 1.82) is 0 Å². The van der Waals surface area contributed by atoms with Gasteiger partial charge in [0.05, 0.1) is 0 Å². The molecule has 0 saturated heterocycles. The van der Waals surface area contributed by atoms with Gasteiger partial charge < -0.3 is 10.2 Å². The predicted octanol–water partition coefficient (Wildman–Crippen LogP) is 1.29. The Morgan fingerprint density at radius 1 is 1.19 bits per heavy atom. The van der Waals surface area contributed by atoms with Crippen LogP contribution in [0.1, 0.15) is 11.1 Å². The number of aromatic nitrogens is 1. The zero-order valence-corrected chi connectivity index (χ0v) is 11.5. The van der Waals surface area contributed by atoms with Crippen molar-refractivity contribution in [3.8, 4) is 0 Å². The van der Waals surface area contributed by atoms with Crippen molar-refractivity contribution in [1.82, 2.24) is 10.3 Å². The highest BCUT2D eigenvalue weighted by molar-refractivity contribution is 6.40. The first-order chi connectivity index (χ1) is 10.3. The standard InChI is InChI=1S/C16H15N3O2/c20-15(18-11-12-4-3-8-17-10-12)16(21)19-9-7-13-5-1-2-6-14(13)19/h1-6,8,10H,7,9,11H2,(H,18,20). The maximum Gasteiger partial charge on any atom is 0.316 e. The molecule has 2 aromatic rings. The van der Waals surface area contributed by atoms with E-state index in [1.807, 2.05) is 30.3 Å². The van der Waals surface area contributed by atoms with Gasteiger partial charge in [-0.2, -0.15) is 0 Å². The van der Waals surface area contributed by atoms with Gasteiger partial charge in [-0.1, -0.05) is 24.3 Å². The SMILES string of the molecule is O=C(NCc1cccnc1)C(=O)N1CCc2ccccc21. The summed E-state index contributed by atoms with van der Waals surface area (Å²) < 4.78 is 0. The Bertz CT molecular complexity index is 670. The molecule has 0 radical (unpaired) electrons. The van der Waals surface area contributed by atoms with Crippen LogP contribution < -0.4 is 10.2 Å².